The molecule has 10 heavy (non-hydrogen) atoms. The molecule has 3 nitrogen and oxygen atoms in total. The van der Waals surface area contributed by atoms with Gasteiger partial charge in [0.25, 0.3) is 6.39 Å². The Balaban J connectivity index is 0.0000001000. The predicted molar refractivity (Wildman–Crippen MR) is 36.1 cm³/mol. The fourth-order valence-electron chi connectivity index (χ4n) is 0.430. The van der Waals surface area contributed by atoms with Crippen LogP contribution in [0.2, 0.25) is 0 Å². The molecule has 3 heteroatoms. The second-order valence-electron chi connectivity index (χ2n) is 1.51. The van der Waals surface area contributed by atoms with Gasteiger partial charge in [-0.1, -0.05) is 0 Å². The van der Waals surface area contributed by atoms with E-state index in [0.717, 1.165) is 0 Å². The molecule has 2 heterocycles. The lowest BCUT2D eigenvalue weighted by atomic mass is 10.7. The Morgan fingerprint density at radius 2 is 2.10 bits per heavy atom. The monoisotopic (exact) mass is 135 g/mol. The zero-order chi connectivity index (χ0) is 7.07. The third-order valence-corrected chi connectivity index (χ3v) is 0.805. The Morgan fingerprint density at radius 1 is 1.30 bits per heavy atom. The first kappa shape index (κ1) is 6.61. The molecule has 2 aromatic heterocycles. The molecular formula is C7H7N2O. The molecule has 0 saturated heterocycles. The van der Waals surface area contributed by atoms with E-state index in [1.54, 1.807) is 0 Å². The molecule has 0 aromatic carbocycles. The SMILES string of the molecule is [c]1ncco1.c1cc[nH]c1. The summed E-state index contributed by atoms with van der Waals surface area (Å²) >= 11 is 0. The molecule has 0 bridgehead atoms. The molecule has 0 aliphatic rings. The van der Waals surface area contributed by atoms with Gasteiger partial charge >= 0.3 is 0 Å². The molecule has 2 rings (SSSR count). The van der Waals surface area contributed by atoms with Crippen LogP contribution in [0.15, 0.2) is 41.4 Å². The van der Waals surface area contributed by atoms with Crippen molar-refractivity contribution in [2.75, 3.05) is 0 Å². The minimum absolute atomic E-state index is 1.46. The molecule has 0 atom stereocenters. The first-order valence-corrected chi connectivity index (χ1v) is 2.83. The van der Waals surface area contributed by atoms with E-state index in [-0.39, 0.29) is 0 Å². The Hall–Kier alpha value is -1.51. The smallest absolute Gasteiger partial charge is 0.283 e. The van der Waals surface area contributed by atoms with Crippen molar-refractivity contribution in [2.24, 2.45) is 0 Å². The van der Waals surface area contributed by atoms with Gasteiger partial charge in [-0.2, -0.15) is 0 Å². The van der Waals surface area contributed by atoms with Crippen LogP contribution in [0, 0.1) is 6.39 Å². The fraction of sp³-hybridized carbons (Fsp3) is 0. The largest absolute Gasteiger partial charge is 0.441 e. The van der Waals surface area contributed by atoms with Gasteiger partial charge in [-0.3, -0.25) is 0 Å². The van der Waals surface area contributed by atoms with Gasteiger partial charge in [-0.15, -0.1) is 0 Å². The molecular weight excluding hydrogens is 128 g/mol. The van der Waals surface area contributed by atoms with Crippen LogP contribution < -0.4 is 0 Å². The van der Waals surface area contributed by atoms with Crippen molar-refractivity contribution in [3.63, 3.8) is 0 Å². The Morgan fingerprint density at radius 3 is 2.30 bits per heavy atom. The van der Waals surface area contributed by atoms with Crippen LogP contribution in [0.1, 0.15) is 0 Å². The Kier molecular flexibility index (Phi) is 2.89. The van der Waals surface area contributed by atoms with Crippen molar-refractivity contribution in [3.8, 4) is 0 Å². The maximum absolute atomic E-state index is 4.35. The standard InChI is InChI=1S/C4H5N.C3H2NO/c1-2-4-5-3-1;1-2-5-3-4-1/h1-5H;1-2H. The maximum Gasteiger partial charge on any atom is 0.283 e. The molecule has 0 spiro atoms. The summed E-state index contributed by atoms with van der Waals surface area (Å²) < 4.78 is 4.35. The van der Waals surface area contributed by atoms with Crippen LogP contribution in [-0.2, 0) is 0 Å². The highest BCUT2D eigenvalue weighted by Gasteiger charge is 1.62. The van der Waals surface area contributed by atoms with E-state index in [0.29, 0.717) is 0 Å². The topological polar surface area (TPSA) is 41.8 Å². The van der Waals surface area contributed by atoms with Gasteiger partial charge in [0, 0.05) is 12.4 Å². The summed E-state index contributed by atoms with van der Waals surface area (Å²) in [4.78, 5) is 6.29. The summed E-state index contributed by atoms with van der Waals surface area (Å²) in [7, 11) is 0. The van der Waals surface area contributed by atoms with Gasteiger partial charge < -0.3 is 9.40 Å². The Bertz CT molecular complexity index is 151. The molecule has 0 aliphatic carbocycles. The number of rotatable bonds is 0. The molecule has 0 amide bonds. The van der Waals surface area contributed by atoms with Gasteiger partial charge in [0.2, 0.25) is 0 Å². The van der Waals surface area contributed by atoms with Crippen molar-refractivity contribution in [1.82, 2.24) is 9.97 Å². The number of aromatic nitrogens is 2. The third-order valence-electron chi connectivity index (χ3n) is 0.805. The van der Waals surface area contributed by atoms with E-state index < -0.39 is 0 Å². The van der Waals surface area contributed by atoms with Crippen LogP contribution in [-0.4, -0.2) is 9.97 Å². The number of H-pyrrole nitrogens is 1. The molecule has 0 unspecified atom stereocenters. The van der Waals surface area contributed by atoms with E-state index in [1.165, 1.54) is 12.5 Å². The summed E-state index contributed by atoms with van der Waals surface area (Å²) in [5, 5.41) is 0. The summed E-state index contributed by atoms with van der Waals surface area (Å²) in [5.74, 6) is 0. The van der Waals surface area contributed by atoms with Crippen molar-refractivity contribution >= 4 is 0 Å². The van der Waals surface area contributed by atoms with Crippen LogP contribution in [0.3, 0.4) is 0 Å². The summed E-state index contributed by atoms with van der Waals surface area (Å²) in [6.07, 6.45) is 8.97. The first-order valence-electron chi connectivity index (χ1n) is 2.83. The van der Waals surface area contributed by atoms with Gasteiger partial charge in [0.05, 0.1) is 6.20 Å². The van der Waals surface area contributed by atoms with Crippen molar-refractivity contribution in [1.29, 1.82) is 0 Å². The zero-order valence-electron chi connectivity index (χ0n) is 5.32. The number of hydrogen-bond acceptors (Lipinski definition) is 2. The highest BCUT2D eigenvalue weighted by atomic mass is 16.3. The molecule has 0 aliphatic heterocycles. The number of hydrogen-bond donors (Lipinski definition) is 1. The molecule has 0 saturated carbocycles. The number of nitrogens with one attached hydrogen (secondary N) is 1. The average molecular weight is 135 g/mol. The van der Waals surface area contributed by atoms with Crippen LogP contribution in [0.5, 0.6) is 0 Å². The van der Waals surface area contributed by atoms with E-state index in [9.17, 15) is 0 Å². The summed E-state index contributed by atoms with van der Waals surface area (Å²) in [6.45, 7) is 0. The van der Waals surface area contributed by atoms with Gasteiger partial charge in [0.1, 0.15) is 6.26 Å². The Labute approximate surface area is 58.7 Å². The second-order valence-corrected chi connectivity index (χ2v) is 1.51. The molecule has 51 valence electrons. The lowest BCUT2D eigenvalue weighted by Gasteiger charge is -1.49. The zero-order valence-corrected chi connectivity index (χ0v) is 5.32. The van der Waals surface area contributed by atoms with Crippen LogP contribution in [0.25, 0.3) is 0 Å². The minimum atomic E-state index is 1.46. The maximum atomic E-state index is 4.35. The quantitative estimate of drug-likeness (QED) is 0.594. The van der Waals surface area contributed by atoms with E-state index in [2.05, 4.69) is 20.8 Å². The van der Waals surface area contributed by atoms with Gasteiger partial charge in [0.15, 0.2) is 0 Å². The summed E-state index contributed by atoms with van der Waals surface area (Å²) in [5.41, 5.74) is 0. The predicted octanol–water partition coefficient (Wildman–Crippen LogP) is 1.49. The van der Waals surface area contributed by atoms with Crippen molar-refractivity contribution in [3.05, 3.63) is 43.4 Å². The van der Waals surface area contributed by atoms with Crippen molar-refractivity contribution in [2.45, 2.75) is 0 Å². The molecule has 2 aromatic rings. The van der Waals surface area contributed by atoms with Crippen LogP contribution in [0.4, 0.5) is 0 Å². The second kappa shape index (κ2) is 4.38. The van der Waals surface area contributed by atoms with E-state index >= 15 is 0 Å². The third kappa shape index (κ3) is 2.71. The van der Waals surface area contributed by atoms with Crippen LogP contribution >= 0.6 is 0 Å². The van der Waals surface area contributed by atoms with Gasteiger partial charge in [-0.25, -0.2) is 4.98 Å². The number of nitrogens with zero attached hydrogens (tertiary/aromatic N) is 1. The molecule has 0 fully saturated rings. The van der Waals surface area contributed by atoms with Crippen molar-refractivity contribution < 1.29 is 4.42 Å². The van der Waals surface area contributed by atoms with E-state index in [4.69, 9.17) is 0 Å². The van der Waals surface area contributed by atoms with Gasteiger partial charge in [-0.05, 0) is 12.1 Å². The fourth-order valence-corrected chi connectivity index (χ4v) is 0.430. The molecule has 1 N–H and O–H groups in total. The number of oxazole rings is 1. The normalized spacial score (nSPS) is 8.00. The highest BCUT2D eigenvalue weighted by Crippen LogP contribution is 1.72. The highest BCUT2D eigenvalue weighted by molar-refractivity contribution is 4.84. The average Bonchev–Trinajstić information content (AvgIpc) is 2.67. The lowest BCUT2D eigenvalue weighted by Crippen LogP contribution is -1.40. The minimum Gasteiger partial charge on any atom is -0.441 e. The van der Waals surface area contributed by atoms with E-state index in [1.807, 2.05) is 24.5 Å². The lowest BCUT2D eigenvalue weighted by molar-refractivity contribution is 0.548. The summed E-state index contributed by atoms with van der Waals surface area (Å²) in [6, 6.07) is 3.89. The number of aromatic amines is 1. The molecule has 1 radical (unpaired) electrons. The first-order chi connectivity index (χ1) is 5.00.